The van der Waals surface area contributed by atoms with Crippen molar-refractivity contribution in [3.8, 4) is 12.3 Å². The van der Waals surface area contributed by atoms with Crippen LogP contribution in [0.2, 0.25) is 0 Å². The minimum absolute atomic E-state index is 0.0160. The molecule has 1 saturated heterocycles. The van der Waals surface area contributed by atoms with E-state index in [-0.39, 0.29) is 11.3 Å². The van der Waals surface area contributed by atoms with Crippen molar-refractivity contribution in [3.05, 3.63) is 0 Å². The Morgan fingerprint density at radius 3 is 1.96 bits per heavy atom. The van der Waals surface area contributed by atoms with Crippen LogP contribution in [0.5, 0.6) is 0 Å². The molecule has 152 valence electrons. The van der Waals surface area contributed by atoms with Gasteiger partial charge in [-0.05, 0) is 45.4 Å². The fourth-order valence-corrected chi connectivity index (χ4v) is 2.39. The zero-order chi connectivity index (χ0) is 21.1. The molecule has 1 aliphatic rings. The van der Waals surface area contributed by atoms with Crippen LogP contribution in [0.15, 0.2) is 0 Å². The normalized spacial score (nSPS) is 17.6. The topological polar surface area (TPSA) is 58.6 Å². The van der Waals surface area contributed by atoms with Gasteiger partial charge in [-0.15, -0.1) is 12.3 Å². The molecule has 0 unspecified atom stereocenters. The van der Waals surface area contributed by atoms with E-state index in [2.05, 4.69) is 24.6 Å². The number of nitrogens with one attached hydrogen (secondary N) is 1. The van der Waals surface area contributed by atoms with Crippen molar-refractivity contribution < 1.29 is 14.3 Å². The van der Waals surface area contributed by atoms with Crippen LogP contribution >= 0.6 is 0 Å². The summed E-state index contributed by atoms with van der Waals surface area (Å²) in [5, 5.41) is 2.75. The van der Waals surface area contributed by atoms with Crippen LogP contribution in [-0.4, -0.2) is 41.6 Å². The number of terminal acetylenes is 1. The molecule has 1 aliphatic heterocycles. The molecule has 26 heavy (non-hydrogen) atoms. The summed E-state index contributed by atoms with van der Waals surface area (Å²) in [6.45, 7) is 20.6. The van der Waals surface area contributed by atoms with Gasteiger partial charge in [-0.2, -0.15) is 0 Å². The van der Waals surface area contributed by atoms with Crippen molar-refractivity contribution >= 4 is 12.0 Å². The van der Waals surface area contributed by atoms with Gasteiger partial charge in [0, 0.05) is 13.1 Å². The van der Waals surface area contributed by atoms with Crippen LogP contribution in [0.4, 0.5) is 4.79 Å². The number of amides is 2. The Balaban J connectivity index is 0. The summed E-state index contributed by atoms with van der Waals surface area (Å²) in [5.41, 5.74) is -0.933. The molecule has 0 aromatic heterocycles. The molecule has 0 aliphatic carbocycles. The predicted octanol–water partition coefficient (Wildman–Crippen LogP) is 4.46. The lowest BCUT2D eigenvalue weighted by atomic mass is 9.86. The number of hydrogen-bond donors (Lipinski definition) is 1. The number of carbonyl (C=O) groups excluding carboxylic acids is 2. The second-order valence-corrected chi connectivity index (χ2v) is 8.41. The number of alkyl carbamates (subject to hydrolysis) is 1. The third-order valence-corrected chi connectivity index (χ3v) is 3.51. The fourth-order valence-electron chi connectivity index (χ4n) is 2.39. The first-order valence-electron chi connectivity index (χ1n) is 9.47. The monoisotopic (exact) mass is 368 g/mol. The van der Waals surface area contributed by atoms with Gasteiger partial charge in [0.15, 0.2) is 0 Å². The molecular formula is C21H40N2O3. The standard InChI is InChI=1S/C16H30N2O3.C3H4.C2H6/c1-11-8-9-18(10-11)13(19)12(15(2,3)4)17-14(20)21-16(5,6)7;1-3-2;1-2/h11-12H,8-10H2,1-7H3,(H,17,20);1H,2H3;1-2H3/t11-,12-;;/m1../s1. The molecule has 1 rings (SSSR count). The van der Waals surface area contributed by atoms with E-state index in [4.69, 9.17) is 4.74 Å². The molecule has 0 radical (unpaired) electrons. The van der Waals surface area contributed by atoms with E-state index in [9.17, 15) is 9.59 Å². The van der Waals surface area contributed by atoms with Gasteiger partial charge in [0.05, 0.1) is 0 Å². The van der Waals surface area contributed by atoms with E-state index in [0.717, 1.165) is 19.5 Å². The van der Waals surface area contributed by atoms with Gasteiger partial charge < -0.3 is 15.0 Å². The zero-order valence-electron chi connectivity index (χ0n) is 18.5. The van der Waals surface area contributed by atoms with Gasteiger partial charge >= 0.3 is 6.09 Å². The first kappa shape index (κ1) is 26.5. The molecule has 0 aromatic carbocycles. The van der Waals surface area contributed by atoms with Crippen molar-refractivity contribution in [1.82, 2.24) is 10.2 Å². The number of carbonyl (C=O) groups is 2. The summed E-state index contributed by atoms with van der Waals surface area (Å²) in [5.74, 6) is 2.76. The highest BCUT2D eigenvalue weighted by Crippen LogP contribution is 2.24. The van der Waals surface area contributed by atoms with Crippen molar-refractivity contribution in [1.29, 1.82) is 0 Å². The molecular weight excluding hydrogens is 328 g/mol. The quantitative estimate of drug-likeness (QED) is 0.732. The predicted molar refractivity (Wildman–Crippen MR) is 109 cm³/mol. The minimum Gasteiger partial charge on any atom is -0.444 e. The smallest absolute Gasteiger partial charge is 0.408 e. The Kier molecular flexibility index (Phi) is 12.1. The zero-order valence-corrected chi connectivity index (χ0v) is 18.5. The van der Waals surface area contributed by atoms with E-state index >= 15 is 0 Å². The van der Waals surface area contributed by atoms with Crippen molar-refractivity contribution in [2.24, 2.45) is 11.3 Å². The Morgan fingerprint density at radius 2 is 1.65 bits per heavy atom. The molecule has 0 saturated carbocycles. The van der Waals surface area contributed by atoms with E-state index in [0.29, 0.717) is 5.92 Å². The summed E-state index contributed by atoms with van der Waals surface area (Å²) < 4.78 is 5.28. The number of rotatable bonds is 2. The van der Waals surface area contributed by atoms with Gasteiger partial charge in [-0.3, -0.25) is 4.79 Å². The molecule has 5 nitrogen and oxygen atoms in total. The maximum atomic E-state index is 12.7. The minimum atomic E-state index is -0.572. The maximum Gasteiger partial charge on any atom is 0.408 e. The first-order chi connectivity index (χ1) is 11.8. The Labute approximate surface area is 161 Å². The Hall–Kier alpha value is -1.70. The highest BCUT2D eigenvalue weighted by molar-refractivity contribution is 5.86. The average Bonchev–Trinajstić information content (AvgIpc) is 2.91. The lowest BCUT2D eigenvalue weighted by molar-refractivity contribution is -0.135. The third-order valence-electron chi connectivity index (χ3n) is 3.51. The van der Waals surface area contributed by atoms with Gasteiger partial charge in [0.25, 0.3) is 0 Å². The van der Waals surface area contributed by atoms with Gasteiger partial charge in [-0.25, -0.2) is 4.79 Å². The second-order valence-electron chi connectivity index (χ2n) is 8.41. The highest BCUT2D eigenvalue weighted by atomic mass is 16.6. The SMILES string of the molecule is C#CC.CC.C[C@@H]1CCN(C(=O)[C@@H](NC(=O)OC(C)(C)C)C(C)(C)C)C1. The van der Waals surface area contributed by atoms with E-state index in [1.165, 1.54) is 0 Å². The lowest BCUT2D eigenvalue weighted by Gasteiger charge is -2.34. The summed E-state index contributed by atoms with van der Waals surface area (Å²) in [6, 6.07) is -0.572. The number of likely N-dealkylation sites (tertiary alicyclic amines) is 1. The molecule has 1 N–H and O–H groups in total. The number of hydrogen-bond acceptors (Lipinski definition) is 3. The molecule has 2 atom stereocenters. The summed E-state index contributed by atoms with van der Waals surface area (Å²) in [6.07, 6.45) is 5.08. The molecule has 1 fully saturated rings. The summed E-state index contributed by atoms with van der Waals surface area (Å²) >= 11 is 0. The van der Waals surface area contributed by atoms with Gasteiger partial charge in [0.2, 0.25) is 5.91 Å². The van der Waals surface area contributed by atoms with Crippen molar-refractivity contribution in [2.45, 2.75) is 87.3 Å². The summed E-state index contributed by atoms with van der Waals surface area (Å²) in [4.78, 5) is 26.5. The molecule has 0 bridgehead atoms. The average molecular weight is 369 g/mol. The number of ether oxygens (including phenoxy) is 1. The first-order valence-corrected chi connectivity index (χ1v) is 9.47. The van der Waals surface area contributed by atoms with E-state index in [1.807, 2.05) is 60.3 Å². The summed E-state index contributed by atoms with van der Waals surface area (Å²) in [7, 11) is 0. The van der Waals surface area contributed by atoms with Gasteiger partial charge in [-0.1, -0.05) is 41.5 Å². The number of nitrogens with zero attached hydrogens (tertiary/aromatic N) is 1. The molecule has 2 amide bonds. The van der Waals surface area contributed by atoms with Crippen LogP contribution < -0.4 is 5.32 Å². The maximum absolute atomic E-state index is 12.7. The lowest BCUT2D eigenvalue weighted by Crippen LogP contribution is -2.55. The molecule has 0 aromatic rings. The second kappa shape index (κ2) is 11.8. The van der Waals surface area contributed by atoms with Gasteiger partial charge in [0.1, 0.15) is 11.6 Å². The highest BCUT2D eigenvalue weighted by Gasteiger charge is 2.38. The fraction of sp³-hybridized carbons (Fsp3) is 0.810. The van der Waals surface area contributed by atoms with Crippen LogP contribution in [0.1, 0.15) is 75.7 Å². The molecule has 1 heterocycles. The van der Waals surface area contributed by atoms with E-state index in [1.54, 1.807) is 6.92 Å². The van der Waals surface area contributed by atoms with Crippen molar-refractivity contribution in [3.63, 3.8) is 0 Å². The molecule has 0 spiro atoms. The largest absolute Gasteiger partial charge is 0.444 e. The Bertz CT molecular complexity index is 467. The van der Waals surface area contributed by atoms with Crippen LogP contribution in [0.25, 0.3) is 0 Å². The van der Waals surface area contributed by atoms with Crippen molar-refractivity contribution in [2.75, 3.05) is 13.1 Å². The third kappa shape index (κ3) is 11.0. The van der Waals surface area contributed by atoms with Crippen LogP contribution in [0.3, 0.4) is 0 Å². The van der Waals surface area contributed by atoms with Crippen LogP contribution in [-0.2, 0) is 9.53 Å². The van der Waals surface area contributed by atoms with Crippen LogP contribution in [0, 0.1) is 23.7 Å². The van der Waals surface area contributed by atoms with E-state index < -0.39 is 17.7 Å². The molecule has 5 heteroatoms. The Morgan fingerprint density at radius 1 is 1.19 bits per heavy atom.